The van der Waals surface area contributed by atoms with Crippen LogP contribution in [0.2, 0.25) is 0 Å². The Hall–Kier alpha value is -4.65. The first-order chi connectivity index (χ1) is 24.1. The molecule has 2 bridgehead atoms. The van der Waals surface area contributed by atoms with Gasteiger partial charge in [-0.1, -0.05) is 50.2 Å². The quantitative estimate of drug-likeness (QED) is 0.263. The van der Waals surface area contributed by atoms with E-state index >= 15 is 0 Å². The minimum atomic E-state index is -1.02. The molecule has 13 heteroatoms. The molecule has 0 aromatic heterocycles. The molecule has 1 saturated heterocycles. The van der Waals surface area contributed by atoms with Gasteiger partial charge >= 0.3 is 0 Å². The topological polar surface area (TPSA) is 176 Å². The van der Waals surface area contributed by atoms with Gasteiger partial charge in [-0.2, -0.15) is 0 Å². The van der Waals surface area contributed by atoms with Crippen LogP contribution in [-0.2, 0) is 36.8 Å². The SMILES string of the molecule is COc1ccc2cc1OCC(=O)NCCCC(NC(=O)C1CCNCC1)C(=O)N[C@@H](Cc1ccccc1)C(=O)N[C@H](C(C)C)C(=O)NCCC2. The Kier molecular flexibility index (Phi) is 14.9. The lowest BCUT2D eigenvalue weighted by atomic mass is 9.96. The highest BCUT2D eigenvalue weighted by Crippen LogP contribution is 2.28. The molecular formula is C37H52N6O7. The van der Waals surface area contributed by atoms with Gasteiger partial charge in [0, 0.05) is 25.4 Å². The van der Waals surface area contributed by atoms with Crippen molar-refractivity contribution in [3.8, 4) is 11.5 Å². The van der Waals surface area contributed by atoms with E-state index in [1.807, 2.05) is 56.3 Å². The molecule has 2 aromatic rings. The van der Waals surface area contributed by atoms with Crippen molar-refractivity contribution in [2.45, 2.75) is 76.9 Å². The number of carbonyl (C=O) groups is 5. The molecule has 0 aliphatic carbocycles. The number of carbonyl (C=O) groups excluding carboxylic acids is 5. The fourth-order valence-electron chi connectivity index (χ4n) is 6.09. The molecule has 2 aliphatic rings. The van der Waals surface area contributed by atoms with Crippen LogP contribution in [0.3, 0.4) is 0 Å². The Balaban J connectivity index is 1.58. The molecule has 272 valence electrons. The maximum Gasteiger partial charge on any atom is 0.257 e. The Labute approximate surface area is 294 Å². The molecule has 1 fully saturated rings. The molecular weight excluding hydrogens is 640 g/mol. The second-order valence-electron chi connectivity index (χ2n) is 13.2. The molecule has 0 radical (unpaired) electrons. The van der Waals surface area contributed by atoms with E-state index in [2.05, 4.69) is 31.9 Å². The van der Waals surface area contributed by atoms with Gasteiger partial charge in [-0.3, -0.25) is 24.0 Å². The van der Waals surface area contributed by atoms with E-state index in [-0.39, 0.29) is 55.6 Å². The van der Waals surface area contributed by atoms with Gasteiger partial charge in [0.1, 0.15) is 18.1 Å². The number of benzene rings is 2. The van der Waals surface area contributed by atoms with Crippen LogP contribution in [0.1, 0.15) is 57.1 Å². The minimum Gasteiger partial charge on any atom is -0.493 e. The zero-order chi connectivity index (χ0) is 35.9. The summed E-state index contributed by atoms with van der Waals surface area (Å²) in [6, 6.07) is 12.0. The summed E-state index contributed by atoms with van der Waals surface area (Å²) in [6.07, 6.45) is 3.33. The average molecular weight is 693 g/mol. The lowest BCUT2D eigenvalue weighted by Gasteiger charge is -2.28. The number of piperidine rings is 1. The summed E-state index contributed by atoms with van der Waals surface area (Å²) >= 11 is 0. The van der Waals surface area contributed by atoms with E-state index in [1.165, 1.54) is 7.11 Å². The Morgan fingerprint density at radius 2 is 1.62 bits per heavy atom. The van der Waals surface area contributed by atoms with E-state index in [1.54, 1.807) is 6.07 Å². The number of fused-ring (bicyclic) bond motifs is 2. The van der Waals surface area contributed by atoms with E-state index in [9.17, 15) is 24.0 Å². The van der Waals surface area contributed by atoms with Crippen molar-refractivity contribution in [1.82, 2.24) is 31.9 Å². The minimum absolute atomic E-state index is 0.180. The molecule has 5 amide bonds. The number of rotatable bonds is 6. The van der Waals surface area contributed by atoms with Crippen LogP contribution in [-0.4, -0.2) is 87.6 Å². The highest BCUT2D eigenvalue weighted by molar-refractivity contribution is 5.94. The third-order valence-corrected chi connectivity index (χ3v) is 9.03. The van der Waals surface area contributed by atoms with Gasteiger partial charge in [0.05, 0.1) is 7.11 Å². The van der Waals surface area contributed by atoms with Crippen molar-refractivity contribution in [1.29, 1.82) is 0 Å². The van der Waals surface area contributed by atoms with E-state index in [0.717, 1.165) is 11.1 Å². The van der Waals surface area contributed by atoms with Crippen molar-refractivity contribution in [2.75, 3.05) is 39.9 Å². The summed E-state index contributed by atoms with van der Waals surface area (Å²) in [7, 11) is 1.52. The van der Waals surface area contributed by atoms with Crippen LogP contribution >= 0.6 is 0 Å². The maximum atomic E-state index is 13.9. The maximum absolute atomic E-state index is 13.9. The highest BCUT2D eigenvalue weighted by Gasteiger charge is 2.32. The van der Waals surface area contributed by atoms with Crippen LogP contribution in [0.25, 0.3) is 0 Å². The van der Waals surface area contributed by atoms with Crippen LogP contribution in [0.15, 0.2) is 48.5 Å². The molecule has 4 rings (SSSR count). The third-order valence-electron chi connectivity index (χ3n) is 9.03. The lowest BCUT2D eigenvalue weighted by molar-refractivity contribution is -0.135. The van der Waals surface area contributed by atoms with Gasteiger partial charge in [-0.25, -0.2) is 0 Å². The normalized spacial score (nSPS) is 22.4. The summed E-state index contributed by atoms with van der Waals surface area (Å²) in [5, 5.41) is 17.7. The van der Waals surface area contributed by atoms with E-state index in [4.69, 9.17) is 9.47 Å². The summed E-state index contributed by atoms with van der Waals surface area (Å²) < 4.78 is 11.2. The van der Waals surface area contributed by atoms with Gasteiger partial charge in [-0.15, -0.1) is 0 Å². The van der Waals surface area contributed by atoms with Crippen molar-refractivity contribution in [3.63, 3.8) is 0 Å². The lowest BCUT2D eigenvalue weighted by Crippen LogP contribution is -2.58. The fourth-order valence-corrected chi connectivity index (χ4v) is 6.09. The zero-order valence-corrected chi connectivity index (χ0v) is 29.3. The Morgan fingerprint density at radius 3 is 2.34 bits per heavy atom. The number of hydrogen-bond donors (Lipinski definition) is 6. The molecule has 50 heavy (non-hydrogen) atoms. The van der Waals surface area contributed by atoms with E-state index in [0.29, 0.717) is 63.2 Å². The first kappa shape index (κ1) is 38.2. The molecule has 0 spiro atoms. The van der Waals surface area contributed by atoms with Crippen LogP contribution in [0.4, 0.5) is 0 Å². The van der Waals surface area contributed by atoms with Crippen molar-refractivity contribution < 1.29 is 33.4 Å². The predicted octanol–water partition coefficient (Wildman–Crippen LogP) is 1.39. The monoisotopic (exact) mass is 692 g/mol. The summed E-state index contributed by atoms with van der Waals surface area (Å²) in [6.45, 7) is 5.49. The van der Waals surface area contributed by atoms with Crippen LogP contribution < -0.4 is 41.4 Å². The number of ether oxygens (including phenoxy) is 2. The molecule has 3 atom stereocenters. The van der Waals surface area contributed by atoms with Gasteiger partial charge in [-0.05, 0) is 80.8 Å². The number of aryl methyl sites for hydroxylation is 1. The molecule has 1 unspecified atom stereocenters. The summed E-state index contributed by atoms with van der Waals surface area (Å²) in [5.41, 5.74) is 1.77. The van der Waals surface area contributed by atoms with Gasteiger partial charge in [0.2, 0.25) is 23.6 Å². The third kappa shape index (κ3) is 11.7. The first-order valence-corrected chi connectivity index (χ1v) is 17.6. The first-order valence-electron chi connectivity index (χ1n) is 17.6. The van der Waals surface area contributed by atoms with Crippen LogP contribution in [0.5, 0.6) is 11.5 Å². The predicted molar refractivity (Wildman–Crippen MR) is 188 cm³/mol. The molecule has 2 aliphatic heterocycles. The average Bonchev–Trinajstić information content (AvgIpc) is 3.12. The van der Waals surface area contributed by atoms with Gasteiger partial charge in [0.15, 0.2) is 18.1 Å². The van der Waals surface area contributed by atoms with Crippen molar-refractivity contribution >= 4 is 29.5 Å². The molecule has 0 saturated carbocycles. The molecule has 2 aromatic carbocycles. The number of nitrogens with one attached hydrogen (secondary N) is 6. The fraction of sp³-hybridized carbons (Fsp3) is 0.541. The van der Waals surface area contributed by atoms with Gasteiger partial charge in [0.25, 0.3) is 5.91 Å². The second kappa shape index (κ2) is 19.5. The number of methoxy groups -OCH3 is 1. The standard InChI is InChI=1S/C37H52N6O7/c1-24(2)33-37(48)40-18-7-11-26-13-14-30(49-3)31(22-26)50-23-32(44)39-17-8-12-28(41-34(45)27-15-19-38-20-16-27)35(46)42-29(36(47)43-33)21-25-9-5-4-6-10-25/h4-6,9-10,13-14,22,24,27-29,33,38H,7-8,11-12,15-21,23H2,1-3H3,(H,39,44)(H,40,48)(H,41,45)(H,42,46)(H,43,47)/t28?,29-,33+/m0/s1. The largest absolute Gasteiger partial charge is 0.493 e. The molecule has 13 nitrogen and oxygen atoms in total. The Morgan fingerprint density at radius 1 is 0.880 bits per heavy atom. The highest BCUT2D eigenvalue weighted by atomic mass is 16.5. The Bertz CT molecular complexity index is 1450. The zero-order valence-electron chi connectivity index (χ0n) is 29.3. The number of amides is 5. The van der Waals surface area contributed by atoms with E-state index < -0.39 is 29.9 Å². The number of hydrogen-bond acceptors (Lipinski definition) is 8. The summed E-state index contributed by atoms with van der Waals surface area (Å²) in [4.78, 5) is 67.1. The van der Waals surface area contributed by atoms with Crippen LogP contribution in [0, 0.1) is 11.8 Å². The van der Waals surface area contributed by atoms with Crippen molar-refractivity contribution in [2.24, 2.45) is 11.8 Å². The molecule has 2 heterocycles. The van der Waals surface area contributed by atoms with Crippen molar-refractivity contribution in [3.05, 3.63) is 59.7 Å². The smallest absolute Gasteiger partial charge is 0.257 e. The second-order valence-corrected chi connectivity index (χ2v) is 13.2. The molecule has 6 N–H and O–H groups in total. The summed E-state index contributed by atoms with van der Waals surface area (Å²) in [5.74, 6) is -1.45. The van der Waals surface area contributed by atoms with Gasteiger partial charge < -0.3 is 41.4 Å².